The molecule has 0 saturated heterocycles. The average molecular weight is 273 g/mol. The number of hydrogen-bond donors (Lipinski definition) is 0. The first-order valence-electron chi connectivity index (χ1n) is 6.05. The van der Waals surface area contributed by atoms with E-state index in [0.29, 0.717) is 0 Å². The number of hydrogen-bond acceptors (Lipinski definition) is 3. The minimum absolute atomic E-state index is 0.770. The van der Waals surface area contributed by atoms with Gasteiger partial charge >= 0.3 is 0 Å². The molecule has 0 aliphatic heterocycles. The van der Waals surface area contributed by atoms with Gasteiger partial charge in [-0.1, -0.05) is 25.5 Å². The number of nitrogens with zero attached hydrogens (tertiary/aromatic N) is 1. The lowest BCUT2D eigenvalue weighted by Crippen LogP contribution is -1.79. The normalized spacial score (nSPS) is 10.2. The molecule has 0 aliphatic carbocycles. The Kier molecular flexibility index (Phi) is 4.86. The van der Waals surface area contributed by atoms with Crippen molar-refractivity contribution in [1.29, 1.82) is 5.26 Å². The number of thiophene rings is 1. The van der Waals surface area contributed by atoms with Crippen LogP contribution in [0.2, 0.25) is 0 Å². The van der Waals surface area contributed by atoms with Crippen LogP contribution in [0.25, 0.3) is 11.1 Å². The molecule has 0 fully saturated rings. The Labute approximate surface area is 116 Å². The number of nitriles is 1. The lowest BCUT2D eigenvalue weighted by atomic mass is 10.1. The SMILES string of the molecule is CCCCSc1ccc(-c2csc(C#N)c2)cc1. The van der Waals surface area contributed by atoms with E-state index in [0.717, 1.165) is 10.4 Å². The van der Waals surface area contributed by atoms with Crippen molar-refractivity contribution in [1.82, 2.24) is 0 Å². The molecule has 0 bridgehead atoms. The molecule has 1 aromatic carbocycles. The molecule has 0 aliphatic rings. The Morgan fingerprint density at radius 1 is 1.22 bits per heavy atom. The van der Waals surface area contributed by atoms with Gasteiger partial charge in [0.25, 0.3) is 0 Å². The molecule has 18 heavy (non-hydrogen) atoms. The lowest BCUT2D eigenvalue weighted by molar-refractivity contribution is 0.896. The number of rotatable bonds is 5. The van der Waals surface area contributed by atoms with E-state index in [1.54, 1.807) is 0 Å². The van der Waals surface area contributed by atoms with Crippen molar-refractivity contribution in [2.24, 2.45) is 0 Å². The Morgan fingerprint density at radius 2 is 2.00 bits per heavy atom. The summed E-state index contributed by atoms with van der Waals surface area (Å²) in [5.74, 6) is 1.19. The van der Waals surface area contributed by atoms with E-state index in [2.05, 4.69) is 37.3 Å². The third-order valence-corrected chi connectivity index (χ3v) is 4.60. The summed E-state index contributed by atoms with van der Waals surface area (Å²) in [5, 5.41) is 10.9. The molecule has 1 nitrogen and oxygen atoms in total. The Morgan fingerprint density at radius 3 is 2.61 bits per heavy atom. The van der Waals surface area contributed by atoms with Gasteiger partial charge in [0, 0.05) is 4.90 Å². The molecule has 0 spiro atoms. The Hall–Kier alpha value is -1.24. The minimum Gasteiger partial charge on any atom is -0.192 e. The maximum Gasteiger partial charge on any atom is 0.110 e. The fourth-order valence-electron chi connectivity index (χ4n) is 1.62. The van der Waals surface area contributed by atoms with Crippen LogP contribution in [0.4, 0.5) is 0 Å². The monoisotopic (exact) mass is 273 g/mol. The maximum atomic E-state index is 8.82. The molecule has 0 radical (unpaired) electrons. The number of benzene rings is 1. The van der Waals surface area contributed by atoms with Crippen molar-refractivity contribution in [2.75, 3.05) is 5.75 Å². The van der Waals surface area contributed by atoms with Crippen molar-refractivity contribution >= 4 is 23.1 Å². The summed E-state index contributed by atoms with van der Waals surface area (Å²) in [6, 6.07) is 12.7. The zero-order chi connectivity index (χ0) is 12.8. The molecule has 0 N–H and O–H groups in total. The number of thioether (sulfide) groups is 1. The van der Waals surface area contributed by atoms with Crippen LogP contribution in [0.1, 0.15) is 24.6 Å². The first-order chi connectivity index (χ1) is 8.83. The summed E-state index contributed by atoms with van der Waals surface area (Å²) >= 11 is 3.41. The molecule has 0 unspecified atom stereocenters. The molecule has 2 aromatic rings. The topological polar surface area (TPSA) is 23.8 Å². The van der Waals surface area contributed by atoms with Crippen LogP contribution >= 0.6 is 23.1 Å². The predicted octanol–water partition coefficient (Wildman–Crippen LogP) is 5.18. The van der Waals surface area contributed by atoms with Crippen molar-refractivity contribution in [3.8, 4) is 17.2 Å². The smallest absolute Gasteiger partial charge is 0.110 e. The van der Waals surface area contributed by atoms with E-state index >= 15 is 0 Å². The van der Waals surface area contributed by atoms with Crippen LogP contribution in [0.15, 0.2) is 40.6 Å². The summed E-state index contributed by atoms with van der Waals surface area (Å²) in [6.45, 7) is 2.22. The van der Waals surface area contributed by atoms with Crippen LogP contribution in [-0.2, 0) is 0 Å². The third-order valence-electron chi connectivity index (χ3n) is 2.66. The van der Waals surface area contributed by atoms with E-state index in [-0.39, 0.29) is 0 Å². The fourth-order valence-corrected chi connectivity index (χ4v) is 3.33. The molecule has 3 heteroatoms. The zero-order valence-corrected chi connectivity index (χ0v) is 12.0. The van der Waals surface area contributed by atoms with Gasteiger partial charge in [-0.3, -0.25) is 0 Å². The van der Waals surface area contributed by atoms with Crippen molar-refractivity contribution in [2.45, 2.75) is 24.7 Å². The van der Waals surface area contributed by atoms with Gasteiger partial charge in [0.1, 0.15) is 10.9 Å². The highest BCUT2D eigenvalue weighted by Gasteiger charge is 2.02. The molecule has 1 aromatic heterocycles. The molecular weight excluding hydrogens is 258 g/mol. The van der Waals surface area contributed by atoms with Gasteiger partial charge in [-0.2, -0.15) is 5.26 Å². The summed E-state index contributed by atoms with van der Waals surface area (Å²) < 4.78 is 0. The van der Waals surface area contributed by atoms with Crippen LogP contribution in [0.5, 0.6) is 0 Å². The molecule has 0 amide bonds. The first kappa shape index (κ1) is 13.2. The van der Waals surface area contributed by atoms with Crippen LogP contribution in [-0.4, -0.2) is 5.75 Å². The van der Waals surface area contributed by atoms with E-state index in [9.17, 15) is 0 Å². The lowest BCUT2D eigenvalue weighted by Gasteiger charge is -2.02. The van der Waals surface area contributed by atoms with Crippen LogP contribution in [0, 0.1) is 11.3 Å². The van der Waals surface area contributed by atoms with Gasteiger partial charge < -0.3 is 0 Å². The van der Waals surface area contributed by atoms with E-state index < -0.39 is 0 Å². The summed E-state index contributed by atoms with van der Waals surface area (Å²) in [5.41, 5.74) is 2.33. The summed E-state index contributed by atoms with van der Waals surface area (Å²) in [7, 11) is 0. The highest BCUT2D eigenvalue weighted by Crippen LogP contribution is 2.27. The van der Waals surface area contributed by atoms with E-state index in [4.69, 9.17) is 5.26 Å². The Bertz CT molecular complexity index is 534. The predicted molar refractivity (Wildman–Crippen MR) is 80.1 cm³/mol. The second-order valence-electron chi connectivity index (χ2n) is 4.04. The second-order valence-corrected chi connectivity index (χ2v) is 6.12. The summed E-state index contributed by atoms with van der Waals surface area (Å²) in [4.78, 5) is 2.09. The van der Waals surface area contributed by atoms with Crippen molar-refractivity contribution < 1.29 is 0 Å². The van der Waals surface area contributed by atoms with Gasteiger partial charge in [0.15, 0.2) is 0 Å². The number of unbranched alkanes of at least 4 members (excludes halogenated alkanes) is 1. The Balaban J connectivity index is 2.05. The molecule has 0 saturated carbocycles. The van der Waals surface area contributed by atoms with Gasteiger partial charge in [-0.25, -0.2) is 0 Å². The highest BCUT2D eigenvalue weighted by molar-refractivity contribution is 7.99. The molecule has 92 valence electrons. The second kappa shape index (κ2) is 6.63. The minimum atomic E-state index is 0.770. The third kappa shape index (κ3) is 3.38. The average Bonchev–Trinajstić information content (AvgIpc) is 2.89. The molecule has 1 heterocycles. The van der Waals surface area contributed by atoms with Gasteiger partial charge in [-0.15, -0.1) is 23.1 Å². The van der Waals surface area contributed by atoms with Crippen LogP contribution in [0.3, 0.4) is 0 Å². The molecule has 0 atom stereocenters. The van der Waals surface area contributed by atoms with E-state index in [1.165, 1.54) is 40.4 Å². The van der Waals surface area contributed by atoms with E-state index in [1.807, 2.05) is 23.2 Å². The largest absolute Gasteiger partial charge is 0.192 e. The first-order valence-corrected chi connectivity index (χ1v) is 7.92. The van der Waals surface area contributed by atoms with Crippen LogP contribution < -0.4 is 0 Å². The van der Waals surface area contributed by atoms with Crippen molar-refractivity contribution in [3.63, 3.8) is 0 Å². The molecular formula is C15H15NS2. The van der Waals surface area contributed by atoms with Gasteiger partial charge in [-0.05, 0) is 46.9 Å². The highest BCUT2D eigenvalue weighted by atomic mass is 32.2. The van der Waals surface area contributed by atoms with Gasteiger partial charge in [0.05, 0.1) is 0 Å². The fraction of sp³-hybridized carbons (Fsp3) is 0.267. The zero-order valence-electron chi connectivity index (χ0n) is 10.3. The quantitative estimate of drug-likeness (QED) is 0.553. The van der Waals surface area contributed by atoms with Crippen molar-refractivity contribution in [3.05, 3.63) is 40.6 Å². The van der Waals surface area contributed by atoms with Gasteiger partial charge in [0.2, 0.25) is 0 Å². The summed E-state index contributed by atoms with van der Waals surface area (Å²) in [6.07, 6.45) is 2.51. The standard InChI is InChI=1S/C15H15NS2/c1-2-3-8-17-14-6-4-12(5-7-14)13-9-15(10-16)18-11-13/h4-7,9,11H,2-3,8H2,1H3. The maximum absolute atomic E-state index is 8.82. The molecule has 2 rings (SSSR count).